The van der Waals surface area contributed by atoms with Crippen molar-refractivity contribution < 1.29 is 13.2 Å². The molecule has 26 heavy (non-hydrogen) atoms. The molecule has 0 unspecified atom stereocenters. The smallest absolute Gasteiger partial charge is 0.264 e. The molecule has 2 aromatic carbocycles. The highest BCUT2D eigenvalue weighted by molar-refractivity contribution is 7.92. The fraction of sp³-hybridized carbons (Fsp3) is 0.0588. The van der Waals surface area contributed by atoms with Gasteiger partial charge >= 0.3 is 0 Å². The Balaban J connectivity index is 2.00. The van der Waals surface area contributed by atoms with Gasteiger partial charge < -0.3 is 4.74 Å². The minimum absolute atomic E-state index is 0.0635. The number of hydrogen-bond acceptors (Lipinski definition) is 5. The Morgan fingerprint density at radius 1 is 1.12 bits per heavy atom. The van der Waals surface area contributed by atoms with Crippen molar-refractivity contribution in [2.45, 2.75) is 4.90 Å². The van der Waals surface area contributed by atoms with Gasteiger partial charge in [0.2, 0.25) is 0 Å². The molecule has 1 aromatic heterocycles. The third-order valence-electron chi connectivity index (χ3n) is 3.52. The summed E-state index contributed by atoms with van der Waals surface area (Å²) in [6, 6.07) is 13.8. The maximum atomic E-state index is 12.7. The number of nitrogens with zero attached hydrogens (tertiary/aromatic N) is 1. The van der Waals surface area contributed by atoms with Crippen molar-refractivity contribution in [2.75, 3.05) is 11.8 Å². The van der Waals surface area contributed by atoms with Crippen LogP contribution in [0.2, 0.25) is 5.02 Å². The third-order valence-corrected chi connectivity index (χ3v) is 5.38. The number of aromatic amines is 1. The van der Waals surface area contributed by atoms with Gasteiger partial charge in [0.25, 0.3) is 15.6 Å². The molecule has 0 spiro atoms. The predicted molar refractivity (Wildman–Crippen MR) is 99.1 cm³/mol. The molecule has 0 aliphatic heterocycles. The number of aromatic nitrogens is 2. The van der Waals surface area contributed by atoms with E-state index in [4.69, 9.17) is 16.3 Å². The van der Waals surface area contributed by atoms with Crippen molar-refractivity contribution in [3.05, 3.63) is 70.0 Å². The molecule has 134 valence electrons. The molecule has 7 nitrogen and oxygen atoms in total. The number of rotatable bonds is 5. The number of sulfonamides is 1. The van der Waals surface area contributed by atoms with E-state index < -0.39 is 10.0 Å². The summed E-state index contributed by atoms with van der Waals surface area (Å²) in [6.45, 7) is 0. The second kappa shape index (κ2) is 7.19. The molecule has 0 saturated heterocycles. The largest absolute Gasteiger partial charge is 0.497 e. The molecule has 1 heterocycles. The van der Waals surface area contributed by atoms with Crippen molar-refractivity contribution in [1.29, 1.82) is 0 Å². The standard InChI is InChI=1S/C17H14ClN3O4S/c1-25-13-4-2-3-12(10-13)21-26(23,24)16-9-11(5-6-14(16)18)15-7-8-17(22)20-19-15/h2-10,21H,1H3,(H,20,22). The van der Waals surface area contributed by atoms with Crippen LogP contribution in [0.25, 0.3) is 11.3 Å². The summed E-state index contributed by atoms with van der Waals surface area (Å²) in [7, 11) is -2.45. The maximum absolute atomic E-state index is 12.7. The zero-order chi connectivity index (χ0) is 18.7. The summed E-state index contributed by atoms with van der Waals surface area (Å²) in [5, 5.41) is 6.27. The first-order valence-corrected chi connectivity index (χ1v) is 9.28. The Bertz CT molecular complexity index is 1090. The highest BCUT2D eigenvalue weighted by atomic mass is 35.5. The van der Waals surface area contributed by atoms with Gasteiger partial charge in [-0.25, -0.2) is 13.5 Å². The normalized spacial score (nSPS) is 11.2. The summed E-state index contributed by atoms with van der Waals surface area (Å²) in [5.41, 5.74) is 0.902. The van der Waals surface area contributed by atoms with Crippen LogP contribution in [0.4, 0.5) is 5.69 Å². The van der Waals surface area contributed by atoms with E-state index in [9.17, 15) is 13.2 Å². The van der Waals surface area contributed by atoms with Crippen LogP contribution in [-0.2, 0) is 10.0 Å². The van der Waals surface area contributed by atoms with E-state index in [1.54, 1.807) is 30.3 Å². The van der Waals surface area contributed by atoms with Crippen molar-refractivity contribution >= 4 is 27.3 Å². The Morgan fingerprint density at radius 2 is 1.92 bits per heavy atom. The average Bonchev–Trinajstić information content (AvgIpc) is 2.62. The van der Waals surface area contributed by atoms with Crippen LogP contribution in [-0.4, -0.2) is 25.7 Å². The van der Waals surface area contributed by atoms with Gasteiger partial charge in [0.1, 0.15) is 10.6 Å². The van der Waals surface area contributed by atoms with Crippen LogP contribution in [0.1, 0.15) is 0 Å². The zero-order valence-electron chi connectivity index (χ0n) is 13.6. The number of methoxy groups -OCH3 is 1. The average molecular weight is 392 g/mol. The Morgan fingerprint density at radius 3 is 2.62 bits per heavy atom. The molecule has 3 aromatic rings. The highest BCUT2D eigenvalue weighted by Crippen LogP contribution is 2.29. The number of hydrogen-bond donors (Lipinski definition) is 2. The van der Waals surface area contributed by atoms with Crippen LogP contribution in [0.15, 0.2) is 64.3 Å². The first-order chi connectivity index (χ1) is 12.4. The molecule has 0 aliphatic rings. The molecule has 0 bridgehead atoms. The van der Waals surface area contributed by atoms with Crippen LogP contribution in [0.3, 0.4) is 0 Å². The highest BCUT2D eigenvalue weighted by Gasteiger charge is 2.19. The van der Waals surface area contributed by atoms with E-state index in [2.05, 4.69) is 14.9 Å². The van der Waals surface area contributed by atoms with Gasteiger partial charge in [-0.2, -0.15) is 5.10 Å². The van der Waals surface area contributed by atoms with E-state index in [1.165, 1.54) is 31.4 Å². The van der Waals surface area contributed by atoms with Crippen molar-refractivity contribution in [3.8, 4) is 17.0 Å². The minimum atomic E-state index is -3.94. The summed E-state index contributed by atoms with van der Waals surface area (Å²) < 4.78 is 33.0. The zero-order valence-corrected chi connectivity index (χ0v) is 15.1. The van der Waals surface area contributed by atoms with Gasteiger partial charge in [-0.15, -0.1) is 0 Å². The number of H-pyrrole nitrogens is 1. The number of halogens is 1. The van der Waals surface area contributed by atoms with E-state index in [0.717, 1.165) is 0 Å². The van der Waals surface area contributed by atoms with Gasteiger partial charge in [-0.1, -0.05) is 23.7 Å². The van der Waals surface area contributed by atoms with E-state index in [-0.39, 0.29) is 15.5 Å². The fourth-order valence-electron chi connectivity index (χ4n) is 2.27. The third kappa shape index (κ3) is 3.87. The van der Waals surface area contributed by atoms with Crippen molar-refractivity contribution in [1.82, 2.24) is 10.2 Å². The van der Waals surface area contributed by atoms with Crippen molar-refractivity contribution in [3.63, 3.8) is 0 Å². The summed E-state index contributed by atoms with van der Waals surface area (Å²) in [6.07, 6.45) is 0. The van der Waals surface area contributed by atoms with Crippen LogP contribution < -0.4 is 15.0 Å². The SMILES string of the molecule is COc1cccc(NS(=O)(=O)c2cc(-c3ccc(=O)[nH]n3)ccc2Cl)c1. The number of benzene rings is 2. The molecule has 2 N–H and O–H groups in total. The fourth-order valence-corrected chi connectivity index (χ4v) is 3.85. The topological polar surface area (TPSA) is 101 Å². The second-order valence-corrected chi connectivity index (χ2v) is 7.35. The van der Waals surface area contributed by atoms with Crippen LogP contribution in [0, 0.1) is 0 Å². The van der Waals surface area contributed by atoms with E-state index in [0.29, 0.717) is 22.7 Å². The lowest BCUT2D eigenvalue weighted by atomic mass is 10.1. The monoisotopic (exact) mass is 391 g/mol. The molecule has 0 saturated carbocycles. The first-order valence-electron chi connectivity index (χ1n) is 7.41. The van der Waals surface area contributed by atoms with E-state index >= 15 is 0 Å². The molecule has 9 heteroatoms. The summed E-state index contributed by atoms with van der Waals surface area (Å²) >= 11 is 6.10. The molecule has 3 rings (SSSR count). The van der Waals surface area contributed by atoms with Gasteiger partial charge in [-0.3, -0.25) is 9.52 Å². The Hall–Kier alpha value is -2.84. The maximum Gasteiger partial charge on any atom is 0.264 e. The molecular formula is C17H14ClN3O4S. The minimum Gasteiger partial charge on any atom is -0.497 e. The van der Waals surface area contributed by atoms with Crippen LogP contribution in [0.5, 0.6) is 5.75 Å². The second-order valence-electron chi connectivity index (χ2n) is 5.29. The number of nitrogens with one attached hydrogen (secondary N) is 2. The number of ether oxygens (including phenoxy) is 1. The molecule has 0 amide bonds. The molecular weight excluding hydrogens is 378 g/mol. The Labute approximate surface area is 154 Å². The van der Waals surface area contributed by atoms with Gasteiger partial charge in [-0.05, 0) is 30.3 Å². The quantitative estimate of drug-likeness (QED) is 0.696. The molecule has 0 radical (unpaired) electrons. The molecule has 0 atom stereocenters. The lowest BCUT2D eigenvalue weighted by Crippen LogP contribution is -2.14. The summed E-state index contributed by atoms with van der Waals surface area (Å²) in [5.74, 6) is 0.516. The molecule has 0 fully saturated rings. The summed E-state index contributed by atoms with van der Waals surface area (Å²) in [4.78, 5) is 11.0. The van der Waals surface area contributed by atoms with Gasteiger partial charge in [0.15, 0.2) is 0 Å². The van der Waals surface area contributed by atoms with Gasteiger partial charge in [0, 0.05) is 17.7 Å². The Kier molecular flexibility index (Phi) is 4.97. The molecule has 0 aliphatic carbocycles. The lowest BCUT2D eigenvalue weighted by molar-refractivity contribution is 0.415. The van der Waals surface area contributed by atoms with Gasteiger partial charge in [0.05, 0.1) is 23.5 Å². The van der Waals surface area contributed by atoms with Crippen LogP contribution >= 0.6 is 11.6 Å². The van der Waals surface area contributed by atoms with Crippen molar-refractivity contribution in [2.24, 2.45) is 0 Å². The number of anilines is 1. The first kappa shape index (κ1) is 18.0. The van der Waals surface area contributed by atoms with E-state index in [1.807, 2.05) is 0 Å². The predicted octanol–water partition coefficient (Wildman–Crippen LogP) is 2.90. The lowest BCUT2D eigenvalue weighted by Gasteiger charge is -2.11.